The molecule has 5 nitrogen and oxygen atoms in total. The van der Waals surface area contributed by atoms with Gasteiger partial charge in [-0.15, -0.1) is 0 Å². The van der Waals surface area contributed by atoms with Gasteiger partial charge in [0.25, 0.3) is 0 Å². The van der Waals surface area contributed by atoms with Gasteiger partial charge in [0.15, 0.2) is 11.5 Å². The molecule has 0 unspecified atom stereocenters. The molecule has 2 aromatic rings. The molecule has 0 fully saturated rings. The Kier molecular flexibility index (Phi) is 5.25. The molecule has 0 aliphatic carbocycles. The zero-order valence-electron chi connectivity index (χ0n) is 13.2. The number of phenols is 1. The summed E-state index contributed by atoms with van der Waals surface area (Å²) in [5.41, 5.74) is 1.78. The van der Waals surface area contributed by atoms with Crippen molar-refractivity contribution in [3.05, 3.63) is 53.6 Å². The number of ether oxygens (including phenoxy) is 3. The number of esters is 1. The zero-order valence-corrected chi connectivity index (χ0v) is 13.2. The highest BCUT2D eigenvalue weighted by molar-refractivity contribution is 6.21. The largest absolute Gasteiger partial charge is 0.508 e. The predicted octanol–water partition coefficient (Wildman–Crippen LogP) is 3.12. The van der Waals surface area contributed by atoms with E-state index < -0.39 is 5.97 Å². The molecule has 0 aliphatic heterocycles. The van der Waals surface area contributed by atoms with Crippen LogP contribution in [-0.2, 0) is 9.53 Å². The summed E-state index contributed by atoms with van der Waals surface area (Å²) in [4.78, 5) is 12.1. The van der Waals surface area contributed by atoms with Crippen LogP contribution >= 0.6 is 0 Å². The highest BCUT2D eigenvalue weighted by Crippen LogP contribution is 2.31. The Bertz CT molecular complexity index is 717. The second-order valence-corrected chi connectivity index (χ2v) is 4.71. The summed E-state index contributed by atoms with van der Waals surface area (Å²) in [7, 11) is 4.40. The third kappa shape index (κ3) is 3.83. The number of rotatable bonds is 5. The van der Waals surface area contributed by atoms with Gasteiger partial charge in [0.1, 0.15) is 5.75 Å². The molecule has 1 N–H and O–H groups in total. The van der Waals surface area contributed by atoms with Crippen LogP contribution in [0.15, 0.2) is 42.5 Å². The van der Waals surface area contributed by atoms with Crippen molar-refractivity contribution in [2.24, 2.45) is 0 Å². The number of methoxy groups -OCH3 is 3. The minimum absolute atomic E-state index is 0.160. The molecule has 0 spiro atoms. The first kappa shape index (κ1) is 16.4. The van der Waals surface area contributed by atoms with Crippen LogP contribution in [0, 0.1) is 0 Å². The summed E-state index contributed by atoms with van der Waals surface area (Å²) in [5.74, 6) is 0.786. The maximum Gasteiger partial charge on any atom is 0.338 e. The normalized spacial score (nSPS) is 11.0. The van der Waals surface area contributed by atoms with Gasteiger partial charge in [-0.3, -0.25) is 0 Å². The average Bonchev–Trinajstić information content (AvgIpc) is 2.60. The van der Waals surface area contributed by atoms with Crippen LogP contribution in [0.4, 0.5) is 0 Å². The molecule has 23 heavy (non-hydrogen) atoms. The molecule has 5 heteroatoms. The fourth-order valence-electron chi connectivity index (χ4n) is 2.11. The first-order valence-corrected chi connectivity index (χ1v) is 6.90. The van der Waals surface area contributed by atoms with Crippen molar-refractivity contribution < 1.29 is 24.1 Å². The highest BCUT2D eigenvalue weighted by Gasteiger charge is 2.15. The van der Waals surface area contributed by atoms with Gasteiger partial charge in [-0.1, -0.05) is 18.2 Å². The lowest BCUT2D eigenvalue weighted by Crippen LogP contribution is -2.04. The number of aromatic hydroxyl groups is 1. The molecule has 0 radical (unpaired) electrons. The van der Waals surface area contributed by atoms with Gasteiger partial charge in [-0.05, 0) is 41.5 Å². The lowest BCUT2D eigenvalue weighted by Gasteiger charge is -2.11. The molecule has 0 saturated carbocycles. The van der Waals surface area contributed by atoms with Gasteiger partial charge in [0, 0.05) is 0 Å². The lowest BCUT2D eigenvalue weighted by atomic mass is 10.0. The lowest BCUT2D eigenvalue weighted by molar-refractivity contribution is -0.133. The van der Waals surface area contributed by atoms with Crippen LogP contribution in [0.2, 0.25) is 0 Å². The molecule has 0 aliphatic rings. The molecule has 0 atom stereocenters. The Hall–Kier alpha value is -2.95. The van der Waals surface area contributed by atoms with Crippen molar-refractivity contribution in [3.63, 3.8) is 0 Å². The number of hydrogen-bond donors (Lipinski definition) is 1. The fourth-order valence-corrected chi connectivity index (χ4v) is 2.11. The maximum atomic E-state index is 12.1. The summed E-state index contributed by atoms with van der Waals surface area (Å²) in [6, 6.07) is 11.7. The predicted molar refractivity (Wildman–Crippen MR) is 87.5 cm³/mol. The standard InChI is InChI=1S/C18H18O5/c1-21-16-9-6-13(11-17(16)22-2)15(18(20)23-3)10-12-4-7-14(19)8-5-12/h4-11,19H,1-3H3/b15-10+. The Labute approximate surface area is 134 Å². The first-order valence-electron chi connectivity index (χ1n) is 6.90. The molecular formula is C18H18O5. The van der Waals surface area contributed by atoms with Crippen molar-refractivity contribution in [2.75, 3.05) is 21.3 Å². The van der Waals surface area contributed by atoms with Gasteiger partial charge in [0.05, 0.1) is 26.9 Å². The van der Waals surface area contributed by atoms with Gasteiger partial charge < -0.3 is 19.3 Å². The number of benzene rings is 2. The van der Waals surface area contributed by atoms with Gasteiger partial charge in [-0.25, -0.2) is 4.79 Å². The van der Waals surface area contributed by atoms with E-state index in [4.69, 9.17) is 14.2 Å². The molecular weight excluding hydrogens is 296 g/mol. The van der Waals surface area contributed by atoms with Gasteiger partial charge in [0.2, 0.25) is 0 Å². The summed E-state index contributed by atoms with van der Waals surface area (Å²) in [6.45, 7) is 0. The van der Waals surface area contributed by atoms with Crippen LogP contribution in [-0.4, -0.2) is 32.4 Å². The van der Waals surface area contributed by atoms with Crippen LogP contribution < -0.4 is 9.47 Å². The van der Waals surface area contributed by atoms with E-state index in [0.717, 1.165) is 5.56 Å². The number of carbonyl (C=O) groups is 1. The molecule has 120 valence electrons. The second kappa shape index (κ2) is 7.35. The van der Waals surface area contributed by atoms with E-state index in [0.29, 0.717) is 22.6 Å². The van der Waals surface area contributed by atoms with E-state index in [1.807, 2.05) is 0 Å². The maximum absolute atomic E-state index is 12.1. The number of hydrogen-bond acceptors (Lipinski definition) is 5. The van der Waals surface area contributed by atoms with Crippen molar-refractivity contribution >= 4 is 17.6 Å². The third-order valence-electron chi connectivity index (χ3n) is 3.30. The Morgan fingerprint density at radius 2 is 1.61 bits per heavy atom. The summed E-state index contributed by atoms with van der Waals surface area (Å²) < 4.78 is 15.3. The topological polar surface area (TPSA) is 65.0 Å². The van der Waals surface area contributed by atoms with Crippen molar-refractivity contribution in [3.8, 4) is 17.2 Å². The molecule has 0 bridgehead atoms. The van der Waals surface area contributed by atoms with E-state index in [2.05, 4.69) is 0 Å². The SMILES string of the molecule is COC(=O)/C(=C/c1ccc(O)cc1)c1ccc(OC)c(OC)c1. The highest BCUT2D eigenvalue weighted by atomic mass is 16.5. The summed E-state index contributed by atoms with van der Waals surface area (Å²) >= 11 is 0. The fraction of sp³-hybridized carbons (Fsp3) is 0.167. The van der Waals surface area contributed by atoms with Crippen LogP contribution in [0.25, 0.3) is 11.6 Å². The number of carbonyl (C=O) groups excluding carboxylic acids is 1. The summed E-state index contributed by atoms with van der Waals surface area (Å²) in [6.07, 6.45) is 1.69. The number of phenolic OH excluding ortho intramolecular Hbond substituents is 1. The van der Waals surface area contributed by atoms with Gasteiger partial charge in [-0.2, -0.15) is 0 Å². The average molecular weight is 314 g/mol. The van der Waals surface area contributed by atoms with E-state index >= 15 is 0 Å². The Morgan fingerprint density at radius 1 is 0.957 bits per heavy atom. The van der Waals surface area contributed by atoms with Crippen molar-refractivity contribution in [2.45, 2.75) is 0 Å². The Morgan fingerprint density at radius 3 is 2.17 bits per heavy atom. The van der Waals surface area contributed by atoms with E-state index in [1.54, 1.807) is 55.7 Å². The molecule has 0 saturated heterocycles. The quantitative estimate of drug-likeness (QED) is 0.522. The van der Waals surface area contributed by atoms with Crippen LogP contribution in [0.3, 0.4) is 0 Å². The molecule has 2 aromatic carbocycles. The molecule has 0 heterocycles. The zero-order chi connectivity index (χ0) is 16.8. The molecule has 2 rings (SSSR count). The monoisotopic (exact) mass is 314 g/mol. The third-order valence-corrected chi connectivity index (χ3v) is 3.30. The minimum Gasteiger partial charge on any atom is -0.508 e. The van der Waals surface area contributed by atoms with Gasteiger partial charge >= 0.3 is 5.97 Å². The molecule has 0 amide bonds. The van der Waals surface area contributed by atoms with Crippen molar-refractivity contribution in [1.82, 2.24) is 0 Å². The second-order valence-electron chi connectivity index (χ2n) is 4.71. The Balaban J connectivity index is 2.51. The van der Waals surface area contributed by atoms with Crippen LogP contribution in [0.1, 0.15) is 11.1 Å². The van der Waals surface area contributed by atoms with Crippen LogP contribution in [0.5, 0.6) is 17.2 Å². The van der Waals surface area contributed by atoms with E-state index in [-0.39, 0.29) is 5.75 Å². The van der Waals surface area contributed by atoms with Crippen molar-refractivity contribution in [1.29, 1.82) is 0 Å². The summed E-state index contributed by atoms with van der Waals surface area (Å²) in [5, 5.41) is 9.35. The smallest absolute Gasteiger partial charge is 0.338 e. The minimum atomic E-state index is -0.467. The van der Waals surface area contributed by atoms with E-state index in [9.17, 15) is 9.90 Å². The van der Waals surface area contributed by atoms with E-state index in [1.165, 1.54) is 14.2 Å². The first-order chi connectivity index (χ1) is 11.1. The molecule has 0 aromatic heterocycles.